The van der Waals surface area contributed by atoms with Gasteiger partial charge in [-0.2, -0.15) is 5.10 Å². The predicted molar refractivity (Wildman–Crippen MR) is 108 cm³/mol. The van der Waals surface area contributed by atoms with Crippen LogP contribution in [0.1, 0.15) is 30.5 Å². The number of anilines is 2. The molecule has 0 radical (unpaired) electrons. The van der Waals surface area contributed by atoms with Gasteiger partial charge in [0.05, 0.1) is 5.71 Å². The van der Waals surface area contributed by atoms with Crippen LogP contribution in [0.4, 0.5) is 11.4 Å². The molecule has 0 aromatic heterocycles. The number of thiocarbonyl (C=S) groups is 1. The van der Waals surface area contributed by atoms with Gasteiger partial charge in [-0.3, -0.25) is 10.2 Å². The molecule has 130 valence electrons. The maximum atomic E-state index is 11.2. The molecule has 0 fully saturated rings. The molecule has 6 heteroatoms. The Morgan fingerprint density at radius 2 is 1.76 bits per heavy atom. The number of benzene rings is 2. The molecule has 2 rings (SSSR count). The molecule has 0 saturated heterocycles. The van der Waals surface area contributed by atoms with Gasteiger partial charge in [0, 0.05) is 18.3 Å². The Bertz CT molecular complexity index is 830. The molecule has 25 heavy (non-hydrogen) atoms. The molecule has 0 aliphatic heterocycles. The minimum atomic E-state index is -0.108. The van der Waals surface area contributed by atoms with E-state index in [9.17, 15) is 4.79 Å². The average Bonchev–Trinajstić information content (AvgIpc) is 2.56. The fourth-order valence-corrected chi connectivity index (χ4v) is 2.42. The second-order valence-corrected chi connectivity index (χ2v) is 6.18. The number of carbonyl (C=O) groups is 1. The highest BCUT2D eigenvalue weighted by atomic mass is 32.1. The van der Waals surface area contributed by atoms with Gasteiger partial charge >= 0.3 is 0 Å². The third-order valence-corrected chi connectivity index (χ3v) is 3.97. The Balaban J connectivity index is 2.04. The summed E-state index contributed by atoms with van der Waals surface area (Å²) < 4.78 is 0. The number of hydrazone groups is 1. The first kappa shape index (κ1) is 18.6. The van der Waals surface area contributed by atoms with Gasteiger partial charge in [-0.15, -0.1) is 0 Å². The summed E-state index contributed by atoms with van der Waals surface area (Å²) >= 11 is 5.30. The summed E-state index contributed by atoms with van der Waals surface area (Å²) in [5, 5.41) is 10.6. The van der Waals surface area contributed by atoms with Crippen molar-refractivity contribution in [2.24, 2.45) is 5.10 Å². The van der Waals surface area contributed by atoms with Crippen molar-refractivity contribution < 1.29 is 4.79 Å². The molecule has 0 bridgehead atoms. The highest BCUT2D eigenvalue weighted by Crippen LogP contribution is 2.17. The van der Waals surface area contributed by atoms with Crippen molar-refractivity contribution in [2.75, 3.05) is 10.6 Å². The van der Waals surface area contributed by atoms with Crippen LogP contribution in [0, 0.1) is 13.8 Å². The standard InChI is InChI=1S/C19H22N4OS/c1-12-7-5-10-18(13(12)2)21-19(25)23-22-14(3)16-8-6-9-17(11-16)20-15(4)24/h5-11H,1-4H3,(H,20,24)(H2,21,23,25)/b22-14+. The number of nitrogens with zero attached hydrogens (tertiary/aromatic N) is 1. The number of rotatable bonds is 4. The Morgan fingerprint density at radius 1 is 1.04 bits per heavy atom. The number of nitrogens with one attached hydrogen (secondary N) is 3. The molecule has 2 aromatic carbocycles. The molecule has 0 aliphatic rings. The lowest BCUT2D eigenvalue weighted by molar-refractivity contribution is -0.114. The molecule has 3 N–H and O–H groups in total. The molecule has 2 aromatic rings. The topological polar surface area (TPSA) is 65.5 Å². The first-order valence-corrected chi connectivity index (χ1v) is 8.33. The summed E-state index contributed by atoms with van der Waals surface area (Å²) in [5.74, 6) is -0.108. The number of carbonyl (C=O) groups excluding carboxylic acids is 1. The quantitative estimate of drug-likeness (QED) is 0.441. The molecule has 0 unspecified atom stereocenters. The maximum Gasteiger partial charge on any atom is 0.221 e. The van der Waals surface area contributed by atoms with E-state index in [1.165, 1.54) is 12.5 Å². The molecule has 1 amide bonds. The summed E-state index contributed by atoms with van der Waals surface area (Å²) in [4.78, 5) is 11.2. The van der Waals surface area contributed by atoms with E-state index in [1.807, 2.05) is 50.2 Å². The van der Waals surface area contributed by atoms with E-state index in [4.69, 9.17) is 12.2 Å². The molecule has 0 heterocycles. The van der Waals surface area contributed by atoms with E-state index in [0.717, 1.165) is 28.2 Å². The highest BCUT2D eigenvalue weighted by molar-refractivity contribution is 7.80. The summed E-state index contributed by atoms with van der Waals surface area (Å²) in [6.07, 6.45) is 0. The lowest BCUT2D eigenvalue weighted by atomic mass is 10.1. The van der Waals surface area contributed by atoms with Crippen LogP contribution in [-0.2, 0) is 4.79 Å². The maximum absolute atomic E-state index is 11.2. The van der Waals surface area contributed by atoms with Crippen LogP contribution in [-0.4, -0.2) is 16.7 Å². The highest BCUT2D eigenvalue weighted by Gasteiger charge is 2.04. The van der Waals surface area contributed by atoms with Crippen LogP contribution >= 0.6 is 12.2 Å². The van der Waals surface area contributed by atoms with Crippen LogP contribution in [0.15, 0.2) is 47.6 Å². The Labute approximate surface area is 153 Å². The van der Waals surface area contributed by atoms with Crippen molar-refractivity contribution in [3.8, 4) is 0 Å². The third-order valence-electron chi connectivity index (χ3n) is 3.78. The zero-order valence-electron chi connectivity index (χ0n) is 14.8. The second kappa shape index (κ2) is 8.39. The first-order valence-electron chi connectivity index (χ1n) is 7.92. The summed E-state index contributed by atoms with van der Waals surface area (Å²) in [6, 6.07) is 13.5. The zero-order chi connectivity index (χ0) is 18.4. The van der Waals surface area contributed by atoms with Crippen molar-refractivity contribution in [1.82, 2.24) is 5.43 Å². The monoisotopic (exact) mass is 354 g/mol. The van der Waals surface area contributed by atoms with Gasteiger partial charge in [0.25, 0.3) is 0 Å². The molecular weight excluding hydrogens is 332 g/mol. The smallest absolute Gasteiger partial charge is 0.221 e. The van der Waals surface area contributed by atoms with Gasteiger partial charge in [0.2, 0.25) is 5.91 Å². The SMILES string of the molecule is CC(=O)Nc1cccc(/C(C)=N/NC(=S)Nc2cccc(C)c2C)c1. The Kier molecular flexibility index (Phi) is 6.25. The van der Waals surface area contributed by atoms with Gasteiger partial charge in [-0.25, -0.2) is 0 Å². The molecule has 0 saturated carbocycles. The van der Waals surface area contributed by atoms with Crippen LogP contribution < -0.4 is 16.1 Å². The van der Waals surface area contributed by atoms with Crippen molar-refractivity contribution in [3.63, 3.8) is 0 Å². The van der Waals surface area contributed by atoms with Crippen molar-refractivity contribution in [1.29, 1.82) is 0 Å². The van der Waals surface area contributed by atoms with Crippen molar-refractivity contribution in [2.45, 2.75) is 27.7 Å². The summed E-state index contributed by atoms with van der Waals surface area (Å²) in [5.41, 5.74) is 8.55. The second-order valence-electron chi connectivity index (χ2n) is 5.77. The Hall–Kier alpha value is -2.73. The van der Waals surface area contributed by atoms with Gasteiger partial charge in [0.15, 0.2) is 5.11 Å². The number of hydrogen-bond acceptors (Lipinski definition) is 3. The lowest BCUT2D eigenvalue weighted by Crippen LogP contribution is -2.25. The number of aryl methyl sites for hydroxylation is 1. The van der Waals surface area contributed by atoms with Gasteiger partial charge in [-0.1, -0.05) is 24.3 Å². The van der Waals surface area contributed by atoms with Crippen LogP contribution in [0.2, 0.25) is 0 Å². The van der Waals surface area contributed by atoms with Crippen molar-refractivity contribution in [3.05, 3.63) is 59.2 Å². The molecule has 0 spiro atoms. The molecule has 5 nitrogen and oxygen atoms in total. The minimum Gasteiger partial charge on any atom is -0.331 e. The van der Waals surface area contributed by atoms with E-state index < -0.39 is 0 Å². The zero-order valence-corrected chi connectivity index (χ0v) is 15.6. The van der Waals surface area contributed by atoms with Crippen LogP contribution in [0.3, 0.4) is 0 Å². The molecular formula is C19H22N4OS. The Morgan fingerprint density at radius 3 is 2.48 bits per heavy atom. The summed E-state index contributed by atoms with van der Waals surface area (Å²) in [7, 11) is 0. The van der Waals surface area contributed by atoms with Gasteiger partial charge < -0.3 is 10.6 Å². The molecule has 0 atom stereocenters. The fraction of sp³-hybridized carbons (Fsp3) is 0.211. The average molecular weight is 354 g/mol. The van der Waals surface area contributed by atoms with Gasteiger partial charge in [-0.05, 0) is 67.9 Å². The number of amides is 1. The third kappa shape index (κ3) is 5.39. The molecule has 0 aliphatic carbocycles. The number of hydrogen-bond donors (Lipinski definition) is 3. The first-order chi connectivity index (χ1) is 11.9. The van der Waals surface area contributed by atoms with Crippen molar-refractivity contribution >= 4 is 40.3 Å². The van der Waals surface area contributed by atoms with Gasteiger partial charge in [0.1, 0.15) is 0 Å². The van der Waals surface area contributed by atoms with E-state index >= 15 is 0 Å². The summed E-state index contributed by atoms with van der Waals surface area (Å²) in [6.45, 7) is 7.46. The van der Waals surface area contributed by atoms with Crippen LogP contribution in [0.5, 0.6) is 0 Å². The van der Waals surface area contributed by atoms with E-state index in [-0.39, 0.29) is 5.91 Å². The normalized spacial score (nSPS) is 11.0. The van der Waals surface area contributed by atoms with E-state index in [1.54, 1.807) is 0 Å². The predicted octanol–water partition coefficient (Wildman–Crippen LogP) is 3.97. The van der Waals surface area contributed by atoms with Crippen LogP contribution in [0.25, 0.3) is 0 Å². The minimum absolute atomic E-state index is 0.108. The fourth-order valence-electron chi connectivity index (χ4n) is 2.26. The largest absolute Gasteiger partial charge is 0.331 e. The lowest BCUT2D eigenvalue weighted by Gasteiger charge is -2.12. The van der Waals surface area contributed by atoms with E-state index in [0.29, 0.717) is 5.11 Å². The van der Waals surface area contributed by atoms with E-state index in [2.05, 4.69) is 34.2 Å².